The van der Waals surface area contributed by atoms with Gasteiger partial charge in [0.15, 0.2) is 0 Å². The van der Waals surface area contributed by atoms with Crippen LogP contribution in [0.1, 0.15) is 42.5 Å². The van der Waals surface area contributed by atoms with Crippen molar-refractivity contribution in [2.24, 2.45) is 0 Å². The van der Waals surface area contributed by atoms with Gasteiger partial charge in [0.25, 0.3) is 0 Å². The molecule has 0 spiro atoms. The van der Waals surface area contributed by atoms with E-state index in [1.54, 1.807) is 0 Å². The number of benzene rings is 1. The molecule has 2 aromatic rings. The number of alkyl halides is 1. The van der Waals surface area contributed by atoms with Crippen molar-refractivity contribution in [2.75, 3.05) is 0 Å². The van der Waals surface area contributed by atoms with Crippen molar-refractivity contribution < 1.29 is 0 Å². The lowest BCUT2D eigenvalue weighted by Gasteiger charge is -2.12. The fourth-order valence-corrected chi connectivity index (χ4v) is 2.83. The second-order valence-electron chi connectivity index (χ2n) is 5.34. The third-order valence-electron chi connectivity index (χ3n) is 2.65. The molecular weight excluding hydrogens is 264 g/mol. The van der Waals surface area contributed by atoms with Crippen molar-refractivity contribution in [3.63, 3.8) is 0 Å². The minimum absolute atomic E-state index is 0.00328. The Kier molecular flexibility index (Phi) is 4.03. The second kappa shape index (κ2) is 5.37. The van der Waals surface area contributed by atoms with Gasteiger partial charge < -0.3 is 0 Å². The summed E-state index contributed by atoms with van der Waals surface area (Å²) in [5.41, 5.74) is 1.13. The molecule has 1 unspecified atom stereocenters. The summed E-state index contributed by atoms with van der Waals surface area (Å²) in [6.07, 6.45) is 0.735. The van der Waals surface area contributed by atoms with Gasteiger partial charge in [-0.2, -0.15) is 4.37 Å². The van der Waals surface area contributed by atoms with Crippen LogP contribution < -0.4 is 0 Å². The summed E-state index contributed by atoms with van der Waals surface area (Å²) in [5.74, 6) is 0.902. The zero-order valence-electron chi connectivity index (χ0n) is 10.9. The van der Waals surface area contributed by atoms with E-state index in [1.807, 2.05) is 30.3 Å². The lowest BCUT2D eigenvalue weighted by molar-refractivity contribution is 0.552. The highest BCUT2D eigenvalue weighted by Gasteiger charge is 2.20. The summed E-state index contributed by atoms with van der Waals surface area (Å²) < 4.78 is 4.41. The molecule has 0 radical (unpaired) electrons. The molecule has 0 fully saturated rings. The summed E-state index contributed by atoms with van der Waals surface area (Å²) in [7, 11) is 0. The quantitative estimate of drug-likeness (QED) is 0.781. The second-order valence-corrected chi connectivity index (χ2v) is 6.71. The van der Waals surface area contributed by atoms with E-state index in [9.17, 15) is 0 Å². The molecule has 4 heteroatoms. The first-order valence-corrected chi connectivity index (χ1v) is 7.20. The van der Waals surface area contributed by atoms with E-state index in [2.05, 4.69) is 30.1 Å². The zero-order chi connectivity index (χ0) is 13.2. The van der Waals surface area contributed by atoms with E-state index >= 15 is 0 Å². The van der Waals surface area contributed by atoms with Crippen molar-refractivity contribution >= 4 is 23.1 Å². The van der Waals surface area contributed by atoms with Crippen LogP contribution >= 0.6 is 23.1 Å². The van der Waals surface area contributed by atoms with Crippen LogP contribution in [-0.2, 0) is 11.8 Å². The molecule has 18 heavy (non-hydrogen) atoms. The number of halogens is 1. The fourth-order valence-electron chi connectivity index (χ4n) is 1.58. The molecule has 0 aliphatic rings. The topological polar surface area (TPSA) is 25.8 Å². The Morgan fingerprint density at radius 1 is 1.22 bits per heavy atom. The van der Waals surface area contributed by atoms with E-state index in [-0.39, 0.29) is 10.8 Å². The number of rotatable bonds is 3. The molecule has 0 bridgehead atoms. The monoisotopic (exact) mass is 280 g/mol. The van der Waals surface area contributed by atoms with Crippen molar-refractivity contribution in [1.82, 2.24) is 9.36 Å². The van der Waals surface area contributed by atoms with Gasteiger partial charge >= 0.3 is 0 Å². The smallest absolute Gasteiger partial charge is 0.147 e. The first kappa shape index (κ1) is 13.5. The maximum absolute atomic E-state index is 6.40. The van der Waals surface area contributed by atoms with Gasteiger partial charge in [0.05, 0.1) is 5.38 Å². The van der Waals surface area contributed by atoms with Gasteiger partial charge in [0.1, 0.15) is 10.8 Å². The van der Waals surface area contributed by atoms with Gasteiger partial charge in [-0.25, -0.2) is 4.98 Å². The lowest BCUT2D eigenvalue weighted by atomic mass is 9.96. The SMILES string of the molecule is CC(C)(C)c1nsc(CC(Cl)c2ccccc2)n1. The first-order valence-electron chi connectivity index (χ1n) is 5.99. The Morgan fingerprint density at radius 3 is 2.44 bits per heavy atom. The maximum atomic E-state index is 6.40. The molecule has 0 N–H and O–H groups in total. The van der Waals surface area contributed by atoms with Gasteiger partial charge in [-0.15, -0.1) is 11.6 Å². The number of hydrogen-bond acceptors (Lipinski definition) is 3. The van der Waals surface area contributed by atoms with Crippen LogP contribution in [0, 0.1) is 0 Å². The molecule has 0 aliphatic carbocycles. The molecule has 0 amide bonds. The first-order chi connectivity index (χ1) is 8.47. The molecule has 0 saturated heterocycles. The molecule has 1 atom stereocenters. The van der Waals surface area contributed by atoms with Crippen molar-refractivity contribution in [2.45, 2.75) is 38.0 Å². The van der Waals surface area contributed by atoms with Crippen molar-refractivity contribution in [3.8, 4) is 0 Å². The Bertz CT molecular complexity index is 502. The predicted octanol–water partition coefficient (Wildman–Crippen LogP) is 4.36. The van der Waals surface area contributed by atoms with Gasteiger partial charge in [-0.1, -0.05) is 51.1 Å². The van der Waals surface area contributed by atoms with E-state index in [1.165, 1.54) is 11.5 Å². The van der Waals surface area contributed by atoms with Crippen LogP contribution in [0.2, 0.25) is 0 Å². The highest BCUT2D eigenvalue weighted by molar-refractivity contribution is 7.05. The van der Waals surface area contributed by atoms with Gasteiger partial charge in [-0.05, 0) is 17.1 Å². The van der Waals surface area contributed by atoms with E-state index in [0.717, 1.165) is 22.8 Å². The Labute approximate surface area is 117 Å². The van der Waals surface area contributed by atoms with E-state index < -0.39 is 0 Å². The van der Waals surface area contributed by atoms with Gasteiger partial charge in [0.2, 0.25) is 0 Å². The largest absolute Gasteiger partial charge is 0.224 e. The third-order valence-corrected chi connectivity index (χ3v) is 3.79. The average Bonchev–Trinajstić information content (AvgIpc) is 2.78. The number of hydrogen-bond donors (Lipinski definition) is 0. The van der Waals surface area contributed by atoms with Crippen molar-refractivity contribution in [3.05, 3.63) is 46.7 Å². The molecule has 1 aromatic heterocycles. The average molecular weight is 281 g/mol. The van der Waals surface area contributed by atoms with Crippen LogP contribution in [0.4, 0.5) is 0 Å². The predicted molar refractivity (Wildman–Crippen MR) is 77.3 cm³/mol. The standard InChI is InChI=1S/C14H17ClN2S/c1-14(2,3)13-16-12(18-17-13)9-11(15)10-7-5-4-6-8-10/h4-8,11H,9H2,1-3H3. The minimum atomic E-state index is -0.0352. The Morgan fingerprint density at radius 2 is 1.89 bits per heavy atom. The summed E-state index contributed by atoms with van der Waals surface area (Å²) in [6.45, 7) is 6.36. The van der Waals surface area contributed by atoms with Gasteiger partial charge in [0, 0.05) is 11.8 Å². The fraction of sp³-hybridized carbons (Fsp3) is 0.429. The van der Waals surface area contributed by atoms with Crippen LogP contribution in [-0.4, -0.2) is 9.36 Å². The van der Waals surface area contributed by atoms with E-state index in [4.69, 9.17) is 11.6 Å². The Hall–Kier alpha value is -0.930. The van der Waals surface area contributed by atoms with Crippen LogP contribution in [0.3, 0.4) is 0 Å². The molecule has 1 heterocycles. The zero-order valence-corrected chi connectivity index (χ0v) is 12.4. The van der Waals surface area contributed by atoms with Gasteiger partial charge in [-0.3, -0.25) is 0 Å². The molecule has 0 saturated carbocycles. The molecule has 96 valence electrons. The molecule has 2 nitrogen and oxygen atoms in total. The molecule has 1 aromatic carbocycles. The molecular formula is C14H17ClN2S. The Balaban J connectivity index is 2.08. The maximum Gasteiger partial charge on any atom is 0.147 e. The van der Waals surface area contributed by atoms with Crippen molar-refractivity contribution in [1.29, 1.82) is 0 Å². The highest BCUT2D eigenvalue weighted by atomic mass is 35.5. The summed E-state index contributed by atoms with van der Waals surface area (Å²) in [5, 5.41) is 0.968. The lowest BCUT2D eigenvalue weighted by Crippen LogP contribution is -2.13. The number of nitrogens with zero attached hydrogens (tertiary/aromatic N) is 2. The van der Waals surface area contributed by atoms with Crippen LogP contribution in [0.25, 0.3) is 0 Å². The number of aromatic nitrogens is 2. The highest BCUT2D eigenvalue weighted by Crippen LogP contribution is 2.27. The summed E-state index contributed by atoms with van der Waals surface area (Å²) in [6, 6.07) is 10.1. The van der Waals surface area contributed by atoms with Crippen LogP contribution in [0.5, 0.6) is 0 Å². The van der Waals surface area contributed by atoms with E-state index in [0.29, 0.717) is 0 Å². The van der Waals surface area contributed by atoms with Crippen LogP contribution in [0.15, 0.2) is 30.3 Å². The summed E-state index contributed by atoms with van der Waals surface area (Å²) >= 11 is 7.86. The molecule has 0 aliphatic heterocycles. The molecule has 2 rings (SSSR count). The third kappa shape index (κ3) is 3.30. The minimum Gasteiger partial charge on any atom is -0.224 e. The normalized spacial score (nSPS) is 13.6. The summed E-state index contributed by atoms with van der Waals surface area (Å²) in [4.78, 5) is 4.57.